The summed E-state index contributed by atoms with van der Waals surface area (Å²) in [6.45, 7) is 2.29. The van der Waals surface area contributed by atoms with Crippen molar-refractivity contribution in [3.8, 4) is 44.5 Å². The molecule has 0 atom stereocenters. The van der Waals surface area contributed by atoms with E-state index in [-0.39, 0.29) is 0 Å². The van der Waals surface area contributed by atoms with Crippen molar-refractivity contribution in [1.82, 2.24) is 0 Å². The summed E-state index contributed by atoms with van der Waals surface area (Å²) in [6.07, 6.45) is 3.06. The molecule has 0 amide bonds. The van der Waals surface area contributed by atoms with Crippen molar-refractivity contribution in [1.29, 1.82) is 0 Å². The summed E-state index contributed by atoms with van der Waals surface area (Å²) >= 11 is 0. The zero-order valence-electron chi connectivity index (χ0n) is 46.5. The minimum atomic E-state index is 0.831. The molecule has 14 aromatic carbocycles. The fourth-order valence-electron chi connectivity index (χ4n) is 13.1. The average Bonchev–Trinajstić information content (AvgIpc) is 1.25. The maximum Gasteiger partial charge on any atom is 0.159 e. The number of nitrogens with zero attached hydrogens (tertiary/aromatic N) is 2. The van der Waals surface area contributed by atoms with E-state index in [1.807, 2.05) is 0 Å². The van der Waals surface area contributed by atoms with E-state index in [0.717, 1.165) is 141 Å². The van der Waals surface area contributed by atoms with Crippen LogP contribution in [0.2, 0.25) is 0 Å². The van der Waals surface area contributed by atoms with Crippen molar-refractivity contribution in [2.45, 2.75) is 26.2 Å². The third kappa shape index (κ3) is 8.28. The third-order valence-electron chi connectivity index (χ3n) is 17.1. The molecule has 4 nitrogen and oxygen atoms in total. The van der Waals surface area contributed by atoms with Crippen LogP contribution in [-0.4, -0.2) is 0 Å². The van der Waals surface area contributed by atoms with Gasteiger partial charge in [0, 0.05) is 43.7 Å². The lowest BCUT2D eigenvalue weighted by Gasteiger charge is -2.30. The van der Waals surface area contributed by atoms with Crippen LogP contribution in [0.5, 0.6) is 0 Å². The van der Waals surface area contributed by atoms with Gasteiger partial charge in [-0.2, -0.15) is 0 Å². The average molecular weight is 1080 g/mol. The molecule has 4 heteroatoms. The molecular formula is C80H56N2O2. The molecule has 84 heavy (non-hydrogen) atoms. The number of hydrogen-bond donors (Lipinski definition) is 0. The normalized spacial score (nSPS) is 11.8. The van der Waals surface area contributed by atoms with E-state index < -0.39 is 0 Å². The lowest BCUT2D eigenvalue weighted by Crippen LogP contribution is -2.12. The van der Waals surface area contributed by atoms with Gasteiger partial charge in [0.2, 0.25) is 0 Å². The van der Waals surface area contributed by atoms with Gasteiger partial charge in [0.15, 0.2) is 11.2 Å². The number of aryl methyl sites for hydroxylation is 1. The first kappa shape index (κ1) is 49.2. The van der Waals surface area contributed by atoms with Gasteiger partial charge in [-0.1, -0.05) is 214 Å². The molecule has 0 saturated carbocycles. The van der Waals surface area contributed by atoms with Crippen molar-refractivity contribution in [2.24, 2.45) is 0 Å². The van der Waals surface area contributed by atoms with Crippen LogP contribution in [0.1, 0.15) is 25.3 Å². The van der Waals surface area contributed by atoms with Crippen molar-refractivity contribution in [3.05, 3.63) is 291 Å². The van der Waals surface area contributed by atoms with E-state index in [2.05, 4.69) is 302 Å². The van der Waals surface area contributed by atoms with Gasteiger partial charge in [-0.25, -0.2) is 0 Å². The topological polar surface area (TPSA) is 32.8 Å². The van der Waals surface area contributed by atoms with Crippen LogP contribution in [-0.2, 0) is 6.42 Å². The van der Waals surface area contributed by atoms with Gasteiger partial charge in [-0.05, 0) is 169 Å². The van der Waals surface area contributed by atoms with Crippen LogP contribution in [0.15, 0.2) is 294 Å². The Morgan fingerprint density at radius 3 is 1.18 bits per heavy atom. The Kier molecular flexibility index (Phi) is 11.9. The Balaban J connectivity index is 0.969. The molecule has 0 saturated heterocycles. The number of unbranched alkanes of at least 4 members (excludes halogenated alkanes) is 1. The van der Waals surface area contributed by atoms with E-state index in [1.165, 1.54) is 38.2 Å². The summed E-state index contributed by atoms with van der Waals surface area (Å²) in [4.78, 5) is 4.91. The molecule has 0 N–H and O–H groups in total. The van der Waals surface area contributed by atoms with Gasteiger partial charge in [-0.15, -0.1) is 0 Å². The Morgan fingerprint density at radius 2 is 0.690 bits per heavy atom. The number of fused-ring (bicyclic) bond motifs is 6. The smallest absolute Gasteiger partial charge is 0.159 e. The molecule has 0 bridgehead atoms. The highest BCUT2D eigenvalue weighted by atomic mass is 16.3. The van der Waals surface area contributed by atoms with Crippen molar-refractivity contribution < 1.29 is 8.83 Å². The molecule has 0 aliphatic rings. The first-order valence-corrected chi connectivity index (χ1v) is 29.3. The number of rotatable bonds is 13. The van der Waals surface area contributed by atoms with Crippen molar-refractivity contribution in [3.63, 3.8) is 0 Å². The first-order chi connectivity index (χ1) is 41.6. The molecule has 0 radical (unpaired) electrons. The third-order valence-corrected chi connectivity index (χ3v) is 17.1. The zero-order valence-corrected chi connectivity index (χ0v) is 46.5. The second-order valence-corrected chi connectivity index (χ2v) is 22.2. The summed E-state index contributed by atoms with van der Waals surface area (Å²) in [5, 5.41) is 11.5. The second kappa shape index (κ2) is 20.4. The van der Waals surface area contributed by atoms with Crippen LogP contribution < -0.4 is 9.80 Å². The van der Waals surface area contributed by atoms with E-state index in [0.29, 0.717) is 0 Å². The summed E-state index contributed by atoms with van der Waals surface area (Å²) in [6, 6.07) is 104. The molecule has 398 valence electrons. The number of anilines is 6. The maximum atomic E-state index is 7.19. The van der Waals surface area contributed by atoms with Gasteiger partial charge in [0.05, 0.1) is 22.7 Å². The monoisotopic (exact) mass is 1080 g/mol. The molecule has 2 aromatic heterocycles. The summed E-state index contributed by atoms with van der Waals surface area (Å²) in [7, 11) is 0. The Labute approximate surface area is 487 Å². The number of furan rings is 2. The summed E-state index contributed by atoms with van der Waals surface area (Å²) in [5.74, 6) is 0. The standard InChI is InChI=1S/C80H56N2O2/c1-2-3-22-59-49-72(82(63-33-20-9-21-34-63)74-51-61(55-29-16-7-17-30-55)48-70-68-46-58(53-25-12-5-13-26-53)38-44-76(68)84-80(70)74)66-39-35-56-36-42-71(65-41-40-64(59)78(66)77(56)65)81(62-31-18-8-19-32-62)73-50-60(54-27-14-6-15-28-54)47-69-67-45-57(52-23-10-4-11-24-52)37-43-75(67)83-79(69)73/h4-21,23-51H,2-3,22H2,1H3. The molecule has 2 heterocycles. The van der Waals surface area contributed by atoms with Gasteiger partial charge in [-0.3, -0.25) is 0 Å². The molecule has 0 unspecified atom stereocenters. The minimum absolute atomic E-state index is 0.831. The van der Waals surface area contributed by atoms with Crippen LogP contribution in [0, 0.1) is 0 Å². The van der Waals surface area contributed by atoms with E-state index in [4.69, 9.17) is 8.83 Å². The lowest BCUT2D eigenvalue weighted by atomic mass is 9.88. The molecule has 16 rings (SSSR count). The van der Waals surface area contributed by atoms with Crippen molar-refractivity contribution >= 4 is 110 Å². The first-order valence-electron chi connectivity index (χ1n) is 29.3. The molecular weight excluding hydrogens is 1020 g/mol. The molecule has 0 aliphatic heterocycles. The fraction of sp³-hybridized carbons (Fsp3) is 0.0500. The highest BCUT2D eigenvalue weighted by molar-refractivity contribution is 6.29. The Morgan fingerprint density at radius 1 is 0.286 bits per heavy atom. The van der Waals surface area contributed by atoms with Crippen molar-refractivity contribution in [2.75, 3.05) is 9.80 Å². The highest BCUT2D eigenvalue weighted by Gasteiger charge is 2.28. The largest absolute Gasteiger partial charge is 0.454 e. The molecule has 0 aliphatic carbocycles. The molecule has 16 aromatic rings. The molecule has 0 fully saturated rings. The summed E-state index contributed by atoms with van der Waals surface area (Å²) < 4.78 is 14.3. The van der Waals surface area contributed by atoms with Crippen LogP contribution in [0.4, 0.5) is 34.1 Å². The van der Waals surface area contributed by atoms with Gasteiger partial charge in [0.1, 0.15) is 11.2 Å². The van der Waals surface area contributed by atoms with Crippen LogP contribution >= 0.6 is 0 Å². The lowest BCUT2D eigenvalue weighted by molar-refractivity contribution is 0.669. The Hall–Kier alpha value is -10.7. The van der Waals surface area contributed by atoms with Gasteiger partial charge < -0.3 is 18.6 Å². The molecule has 0 spiro atoms. The second-order valence-electron chi connectivity index (χ2n) is 22.2. The maximum absolute atomic E-state index is 7.19. The fourth-order valence-corrected chi connectivity index (χ4v) is 13.1. The Bertz CT molecular complexity index is 5090. The summed E-state index contributed by atoms with van der Waals surface area (Å²) in [5.41, 5.74) is 20.0. The van der Waals surface area contributed by atoms with E-state index in [9.17, 15) is 0 Å². The number of para-hydroxylation sites is 2. The predicted octanol–water partition coefficient (Wildman–Crippen LogP) is 23.3. The number of hydrogen-bond acceptors (Lipinski definition) is 4. The number of benzene rings is 14. The van der Waals surface area contributed by atoms with E-state index in [1.54, 1.807) is 0 Å². The van der Waals surface area contributed by atoms with Gasteiger partial charge in [0.25, 0.3) is 0 Å². The zero-order chi connectivity index (χ0) is 55.7. The predicted molar refractivity (Wildman–Crippen MR) is 354 cm³/mol. The van der Waals surface area contributed by atoms with Crippen LogP contribution in [0.25, 0.3) is 121 Å². The highest BCUT2D eigenvalue weighted by Crippen LogP contribution is 2.53. The van der Waals surface area contributed by atoms with Gasteiger partial charge >= 0.3 is 0 Å². The van der Waals surface area contributed by atoms with Crippen LogP contribution in [0.3, 0.4) is 0 Å². The SMILES string of the molecule is CCCCc1cc(N(c2ccccc2)c2cc(-c3ccccc3)cc3c2oc2ccc(-c4ccccc4)cc23)c2ccc3ccc(N(c4ccccc4)c4cc(-c5ccccc5)cc5c4oc4ccc(-c6ccccc6)cc45)c4ccc1c2c34. The van der Waals surface area contributed by atoms with E-state index >= 15 is 0 Å². The minimum Gasteiger partial charge on any atom is -0.454 e. The quantitative estimate of drug-likeness (QED) is 0.108.